The zero-order valence-electron chi connectivity index (χ0n) is 11.4. The summed E-state index contributed by atoms with van der Waals surface area (Å²) in [6.45, 7) is 3.22. The minimum atomic E-state index is -0.0597. The second-order valence-corrected chi connectivity index (χ2v) is 5.05. The van der Waals surface area contributed by atoms with Crippen LogP contribution in [0.3, 0.4) is 0 Å². The number of anilines is 1. The molecule has 3 rings (SSSR count). The molecule has 20 heavy (non-hydrogen) atoms. The number of amides is 1. The number of ether oxygens (including phenoxy) is 1. The standard InChI is InChI=1S/C15H17N3O2/c1-10-3-2-4-11(7-10)8-14(19)16-15-12-9-20-6-5-13(12)17-18-15/h2-4,7H,5-6,8-9H2,1H3,(H2,16,17,18,19). The molecule has 0 aliphatic carbocycles. The average Bonchev–Trinajstić information content (AvgIpc) is 2.82. The number of benzene rings is 1. The highest BCUT2D eigenvalue weighted by Gasteiger charge is 2.18. The van der Waals surface area contributed by atoms with Crippen molar-refractivity contribution < 1.29 is 9.53 Å². The van der Waals surface area contributed by atoms with Crippen LogP contribution in [0.15, 0.2) is 24.3 Å². The molecule has 1 aliphatic rings. The fourth-order valence-corrected chi connectivity index (χ4v) is 2.40. The molecule has 0 spiro atoms. The first-order valence-electron chi connectivity index (χ1n) is 6.71. The van der Waals surface area contributed by atoms with E-state index in [0.717, 1.165) is 28.8 Å². The quantitative estimate of drug-likeness (QED) is 0.897. The van der Waals surface area contributed by atoms with E-state index < -0.39 is 0 Å². The second-order valence-electron chi connectivity index (χ2n) is 5.05. The summed E-state index contributed by atoms with van der Waals surface area (Å²) in [5, 5.41) is 9.98. The summed E-state index contributed by atoms with van der Waals surface area (Å²) < 4.78 is 5.40. The fourth-order valence-electron chi connectivity index (χ4n) is 2.40. The van der Waals surface area contributed by atoms with Gasteiger partial charge in [0.25, 0.3) is 0 Å². The molecule has 1 aromatic carbocycles. The van der Waals surface area contributed by atoms with Crippen molar-refractivity contribution in [1.29, 1.82) is 0 Å². The molecule has 1 aromatic heterocycles. The Hall–Kier alpha value is -2.14. The van der Waals surface area contributed by atoms with Crippen LogP contribution in [0.5, 0.6) is 0 Å². The number of carbonyl (C=O) groups is 1. The Balaban J connectivity index is 1.69. The SMILES string of the molecule is Cc1cccc(CC(=O)Nc2n[nH]c3c2COCC3)c1. The number of hydrogen-bond acceptors (Lipinski definition) is 3. The van der Waals surface area contributed by atoms with Crippen molar-refractivity contribution >= 4 is 11.7 Å². The highest BCUT2D eigenvalue weighted by molar-refractivity contribution is 5.92. The summed E-state index contributed by atoms with van der Waals surface area (Å²) in [5.41, 5.74) is 4.18. The Morgan fingerprint density at radius 3 is 3.25 bits per heavy atom. The van der Waals surface area contributed by atoms with Crippen LogP contribution in [-0.4, -0.2) is 22.7 Å². The molecule has 0 saturated heterocycles. The van der Waals surface area contributed by atoms with Crippen LogP contribution < -0.4 is 5.32 Å². The van der Waals surface area contributed by atoms with E-state index in [-0.39, 0.29) is 5.91 Å². The van der Waals surface area contributed by atoms with Gasteiger partial charge in [-0.1, -0.05) is 29.8 Å². The highest BCUT2D eigenvalue weighted by Crippen LogP contribution is 2.22. The molecule has 1 amide bonds. The smallest absolute Gasteiger partial charge is 0.230 e. The number of rotatable bonds is 3. The molecule has 0 atom stereocenters. The average molecular weight is 271 g/mol. The number of nitrogens with zero attached hydrogens (tertiary/aromatic N) is 1. The molecule has 0 unspecified atom stereocenters. The lowest BCUT2D eigenvalue weighted by Crippen LogP contribution is -2.17. The third-order valence-corrected chi connectivity index (χ3v) is 3.40. The third kappa shape index (κ3) is 2.72. The number of nitrogens with one attached hydrogen (secondary N) is 2. The van der Waals surface area contributed by atoms with Gasteiger partial charge in [0.05, 0.1) is 19.6 Å². The summed E-state index contributed by atoms with van der Waals surface area (Å²) in [4.78, 5) is 12.1. The Morgan fingerprint density at radius 2 is 2.40 bits per heavy atom. The topological polar surface area (TPSA) is 67.0 Å². The molecule has 5 heteroatoms. The van der Waals surface area contributed by atoms with Crippen LogP contribution in [0.25, 0.3) is 0 Å². The van der Waals surface area contributed by atoms with Gasteiger partial charge in [0.15, 0.2) is 5.82 Å². The zero-order valence-corrected chi connectivity index (χ0v) is 11.4. The molecule has 104 valence electrons. The summed E-state index contributed by atoms with van der Waals surface area (Å²) in [7, 11) is 0. The number of H-pyrrole nitrogens is 1. The van der Waals surface area contributed by atoms with Crippen molar-refractivity contribution in [2.75, 3.05) is 11.9 Å². The lowest BCUT2D eigenvalue weighted by Gasteiger charge is -2.12. The molecule has 0 fully saturated rings. The van der Waals surface area contributed by atoms with Crippen LogP contribution in [0.1, 0.15) is 22.4 Å². The van der Waals surface area contributed by atoms with Crippen LogP contribution in [0.2, 0.25) is 0 Å². The Kier molecular flexibility index (Phi) is 3.52. The fraction of sp³-hybridized carbons (Fsp3) is 0.333. The first-order valence-corrected chi connectivity index (χ1v) is 6.71. The Morgan fingerprint density at radius 1 is 1.50 bits per heavy atom. The predicted octanol–water partition coefficient (Wildman–Crippen LogP) is 1.97. The van der Waals surface area contributed by atoms with E-state index >= 15 is 0 Å². The van der Waals surface area contributed by atoms with Gasteiger partial charge < -0.3 is 10.1 Å². The Labute approximate surface area is 117 Å². The first kappa shape index (κ1) is 12.9. The molecular weight excluding hydrogens is 254 g/mol. The number of carbonyl (C=O) groups excluding carboxylic acids is 1. The molecule has 0 bridgehead atoms. The largest absolute Gasteiger partial charge is 0.376 e. The van der Waals surface area contributed by atoms with Gasteiger partial charge in [0.2, 0.25) is 5.91 Å². The number of hydrogen-bond donors (Lipinski definition) is 2. The number of fused-ring (bicyclic) bond motifs is 1. The number of aromatic amines is 1. The second kappa shape index (κ2) is 5.46. The molecule has 5 nitrogen and oxygen atoms in total. The van der Waals surface area contributed by atoms with Crippen LogP contribution >= 0.6 is 0 Å². The van der Waals surface area contributed by atoms with Crippen molar-refractivity contribution in [2.24, 2.45) is 0 Å². The summed E-state index contributed by atoms with van der Waals surface area (Å²) in [6.07, 6.45) is 1.17. The Bertz CT molecular complexity index is 634. The van der Waals surface area contributed by atoms with Crippen molar-refractivity contribution in [1.82, 2.24) is 10.2 Å². The normalized spacial score (nSPS) is 13.8. The van der Waals surface area contributed by atoms with Gasteiger partial charge in [-0.3, -0.25) is 9.89 Å². The van der Waals surface area contributed by atoms with Gasteiger partial charge in [-0.05, 0) is 12.5 Å². The van der Waals surface area contributed by atoms with Crippen molar-refractivity contribution in [3.05, 3.63) is 46.6 Å². The third-order valence-electron chi connectivity index (χ3n) is 3.40. The van der Waals surface area contributed by atoms with Gasteiger partial charge >= 0.3 is 0 Å². The van der Waals surface area contributed by atoms with Gasteiger partial charge in [0.1, 0.15) is 0 Å². The number of aromatic nitrogens is 2. The molecule has 2 N–H and O–H groups in total. The van der Waals surface area contributed by atoms with E-state index in [1.807, 2.05) is 31.2 Å². The maximum absolute atomic E-state index is 12.1. The molecule has 1 aliphatic heterocycles. The first-order chi connectivity index (χ1) is 9.72. The maximum atomic E-state index is 12.1. The zero-order chi connectivity index (χ0) is 13.9. The van der Waals surface area contributed by atoms with Crippen molar-refractivity contribution in [3.63, 3.8) is 0 Å². The monoisotopic (exact) mass is 271 g/mol. The van der Waals surface area contributed by atoms with E-state index in [0.29, 0.717) is 25.5 Å². The van der Waals surface area contributed by atoms with E-state index in [2.05, 4.69) is 15.5 Å². The summed E-state index contributed by atoms with van der Waals surface area (Å²) >= 11 is 0. The molecule has 0 radical (unpaired) electrons. The minimum absolute atomic E-state index is 0.0597. The van der Waals surface area contributed by atoms with E-state index in [1.165, 1.54) is 0 Å². The lowest BCUT2D eigenvalue weighted by molar-refractivity contribution is -0.115. The summed E-state index contributed by atoms with van der Waals surface area (Å²) in [6, 6.07) is 7.95. The maximum Gasteiger partial charge on any atom is 0.230 e. The van der Waals surface area contributed by atoms with Crippen molar-refractivity contribution in [2.45, 2.75) is 26.4 Å². The van der Waals surface area contributed by atoms with Gasteiger partial charge in [0, 0.05) is 17.7 Å². The van der Waals surface area contributed by atoms with E-state index in [1.54, 1.807) is 0 Å². The summed E-state index contributed by atoms with van der Waals surface area (Å²) in [5.74, 6) is 0.535. The van der Waals surface area contributed by atoms with Gasteiger partial charge in [-0.15, -0.1) is 0 Å². The molecule has 2 aromatic rings. The predicted molar refractivity (Wildman–Crippen MR) is 75.5 cm³/mol. The van der Waals surface area contributed by atoms with E-state index in [4.69, 9.17) is 4.74 Å². The lowest BCUT2D eigenvalue weighted by atomic mass is 10.1. The van der Waals surface area contributed by atoms with Gasteiger partial charge in [-0.2, -0.15) is 5.10 Å². The van der Waals surface area contributed by atoms with Crippen LogP contribution in [0, 0.1) is 6.92 Å². The van der Waals surface area contributed by atoms with Crippen molar-refractivity contribution in [3.8, 4) is 0 Å². The minimum Gasteiger partial charge on any atom is -0.376 e. The molecular formula is C15H17N3O2. The van der Waals surface area contributed by atoms with Gasteiger partial charge in [-0.25, -0.2) is 0 Å². The van der Waals surface area contributed by atoms with Crippen LogP contribution in [0.4, 0.5) is 5.82 Å². The van der Waals surface area contributed by atoms with E-state index in [9.17, 15) is 4.79 Å². The van der Waals surface area contributed by atoms with Crippen LogP contribution in [-0.2, 0) is 29.0 Å². The number of aryl methyl sites for hydroxylation is 1. The molecule has 0 saturated carbocycles. The molecule has 2 heterocycles. The highest BCUT2D eigenvalue weighted by atomic mass is 16.5.